The van der Waals surface area contributed by atoms with E-state index in [0.717, 1.165) is 16.3 Å². The fraction of sp³-hybridized carbons (Fsp3) is 0.250. The highest BCUT2D eigenvalue weighted by atomic mass is 32.1. The smallest absolute Gasteiger partial charge is 0.306 e. The van der Waals surface area contributed by atoms with Gasteiger partial charge in [-0.25, -0.2) is 4.98 Å². The van der Waals surface area contributed by atoms with Crippen LogP contribution in [0, 0.1) is 6.92 Å². The van der Waals surface area contributed by atoms with E-state index in [-0.39, 0.29) is 6.42 Å². The number of aryl methyl sites for hydroxylation is 1. The Bertz CT molecular complexity index is 1010. The highest BCUT2D eigenvalue weighted by Crippen LogP contribution is 2.29. The van der Waals surface area contributed by atoms with E-state index in [1.807, 2.05) is 12.3 Å². The van der Waals surface area contributed by atoms with Crippen LogP contribution in [0.25, 0.3) is 11.3 Å². The first-order valence-corrected chi connectivity index (χ1v) is 9.48. The third-order valence-electron chi connectivity index (χ3n) is 4.44. The van der Waals surface area contributed by atoms with Crippen molar-refractivity contribution >= 4 is 23.2 Å². The Balaban J connectivity index is 1.87. The zero-order chi connectivity index (χ0) is 20.3. The summed E-state index contributed by atoms with van der Waals surface area (Å²) in [5, 5.41) is 15.1. The van der Waals surface area contributed by atoms with Gasteiger partial charge in [-0.15, -0.1) is 11.3 Å². The van der Waals surface area contributed by atoms with Gasteiger partial charge in [0.25, 0.3) is 5.91 Å². The standard InChI is InChI=1S/C20H21N3O4S/c1-12-22-17(11-28-12)13-7-16(21-10-13)19(26)23-20(2,9-18(24)25)14-5-4-6-15(8-14)27-3/h4-8,10-11,21H,9H2,1-3H3,(H,23,26)(H,24,25). The second-order valence-electron chi connectivity index (χ2n) is 6.64. The molecule has 0 aliphatic carbocycles. The van der Waals surface area contributed by atoms with E-state index < -0.39 is 17.4 Å². The fourth-order valence-electron chi connectivity index (χ4n) is 2.97. The summed E-state index contributed by atoms with van der Waals surface area (Å²) < 4.78 is 5.23. The molecule has 0 aliphatic heterocycles. The number of rotatable bonds is 7. The van der Waals surface area contributed by atoms with Crippen molar-refractivity contribution in [2.75, 3.05) is 7.11 Å². The molecule has 0 radical (unpaired) electrons. The normalized spacial score (nSPS) is 13.0. The van der Waals surface area contributed by atoms with Gasteiger partial charge in [-0.1, -0.05) is 12.1 Å². The highest BCUT2D eigenvalue weighted by Gasteiger charge is 2.32. The number of carbonyl (C=O) groups excluding carboxylic acids is 1. The summed E-state index contributed by atoms with van der Waals surface area (Å²) in [7, 11) is 1.53. The Hall–Kier alpha value is -3.13. The number of carboxylic acid groups (broad SMARTS) is 1. The number of nitrogens with zero attached hydrogens (tertiary/aromatic N) is 1. The SMILES string of the molecule is COc1cccc(C(C)(CC(=O)O)NC(=O)c2cc(-c3csc(C)n3)c[nH]2)c1. The molecule has 1 aromatic carbocycles. The molecule has 3 N–H and O–H groups in total. The van der Waals surface area contributed by atoms with Crippen molar-refractivity contribution in [2.24, 2.45) is 0 Å². The molecule has 1 amide bonds. The number of carboxylic acids is 1. The monoisotopic (exact) mass is 399 g/mol. The van der Waals surface area contributed by atoms with Gasteiger partial charge in [0.05, 0.1) is 29.8 Å². The van der Waals surface area contributed by atoms with Crippen molar-refractivity contribution in [1.82, 2.24) is 15.3 Å². The number of ether oxygens (including phenoxy) is 1. The van der Waals surface area contributed by atoms with Gasteiger partial charge >= 0.3 is 5.97 Å². The van der Waals surface area contributed by atoms with Crippen LogP contribution in [0.4, 0.5) is 0 Å². The summed E-state index contributed by atoms with van der Waals surface area (Å²) in [5.74, 6) is -0.829. The number of hydrogen-bond acceptors (Lipinski definition) is 5. The Morgan fingerprint density at radius 3 is 2.79 bits per heavy atom. The molecule has 0 fully saturated rings. The number of nitrogens with one attached hydrogen (secondary N) is 2. The Morgan fingerprint density at radius 1 is 1.36 bits per heavy atom. The average molecular weight is 399 g/mol. The van der Waals surface area contributed by atoms with Crippen molar-refractivity contribution in [3.63, 3.8) is 0 Å². The summed E-state index contributed by atoms with van der Waals surface area (Å²) in [6.45, 7) is 3.60. The summed E-state index contributed by atoms with van der Waals surface area (Å²) >= 11 is 1.53. The molecule has 0 saturated carbocycles. The van der Waals surface area contributed by atoms with Crippen LogP contribution in [0.5, 0.6) is 5.75 Å². The lowest BCUT2D eigenvalue weighted by atomic mass is 9.88. The van der Waals surface area contributed by atoms with E-state index in [2.05, 4.69) is 15.3 Å². The molecule has 146 valence electrons. The summed E-state index contributed by atoms with van der Waals surface area (Å²) in [6.07, 6.45) is 1.44. The molecule has 28 heavy (non-hydrogen) atoms. The fourth-order valence-corrected chi connectivity index (χ4v) is 3.60. The van der Waals surface area contributed by atoms with Crippen molar-refractivity contribution < 1.29 is 19.4 Å². The van der Waals surface area contributed by atoms with E-state index in [0.29, 0.717) is 17.0 Å². The van der Waals surface area contributed by atoms with Gasteiger partial charge in [0.1, 0.15) is 11.4 Å². The van der Waals surface area contributed by atoms with Gasteiger partial charge in [-0.05, 0) is 37.6 Å². The summed E-state index contributed by atoms with van der Waals surface area (Å²) in [4.78, 5) is 31.6. The number of methoxy groups -OCH3 is 1. The van der Waals surface area contributed by atoms with Gasteiger partial charge in [0, 0.05) is 17.1 Å². The second kappa shape index (κ2) is 7.85. The Kier molecular flexibility index (Phi) is 5.51. The van der Waals surface area contributed by atoms with Crippen LogP contribution in [0.1, 0.15) is 34.4 Å². The minimum atomic E-state index is -1.11. The Labute approximate surface area is 166 Å². The maximum atomic E-state index is 12.8. The second-order valence-corrected chi connectivity index (χ2v) is 7.70. The number of H-pyrrole nitrogens is 1. The maximum Gasteiger partial charge on any atom is 0.306 e. The minimum Gasteiger partial charge on any atom is -0.497 e. The van der Waals surface area contributed by atoms with Crippen molar-refractivity contribution in [2.45, 2.75) is 25.8 Å². The molecule has 2 heterocycles. The number of amides is 1. The zero-order valence-corrected chi connectivity index (χ0v) is 16.6. The van der Waals surface area contributed by atoms with E-state index >= 15 is 0 Å². The molecule has 2 aromatic heterocycles. The minimum absolute atomic E-state index is 0.273. The predicted octanol–water partition coefficient (Wildman–Crippen LogP) is 3.58. The van der Waals surface area contributed by atoms with Gasteiger partial charge in [0.2, 0.25) is 0 Å². The van der Waals surface area contributed by atoms with Crippen molar-refractivity contribution in [1.29, 1.82) is 0 Å². The topological polar surface area (TPSA) is 104 Å². The number of aliphatic carboxylic acids is 1. The van der Waals surface area contributed by atoms with Crippen LogP contribution in [0.15, 0.2) is 41.9 Å². The number of aromatic amines is 1. The van der Waals surface area contributed by atoms with E-state index in [1.165, 1.54) is 18.4 Å². The van der Waals surface area contributed by atoms with Crippen LogP contribution in [-0.2, 0) is 10.3 Å². The van der Waals surface area contributed by atoms with Crippen LogP contribution in [-0.4, -0.2) is 34.1 Å². The van der Waals surface area contributed by atoms with Gasteiger partial charge < -0.3 is 20.1 Å². The first-order valence-electron chi connectivity index (χ1n) is 8.60. The largest absolute Gasteiger partial charge is 0.497 e. The third kappa shape index (κ3) is 4.23. The number of thiazole rings is 1. The lowest BCUT2D eigenvalue weighted by molar-refractivity contribution is -0.138. The van der Waals surface area contributed by atoms with Gasteiger partial charge in [0.15, 0.2) is 0 Å². The number of hydrogen-bond donors (Lipinski definition) is 3. The average Bonchev–Trinajstić information content (AvgIpc) is 3.30. The van der Waals surface area contributed by atoms with Gasteiger partial charge in [-0.2, -0.15) is 0 Å². The molecule has 1 atom stereocenters. The lowest BCUT2D eigenvalue weighted by Gasteiger charge is -2.30. The van der Waals surface area contributed by atoms with E-state index in [4.69, 9.17) is 4.74 Å². The van der Waals surface area contributed by atoms with E-state index in [1.54, 1.807) is 43.5 Å². The van der Waals surface area contributed by atoms with Crippen LogP contribution < -0.4 is 10.1 Å². The van der Waals surface area contributed by atoms with Crippen LogP contribution >= 0.6 is 11.3 Å². The quantitative estimate of drug-likeness (QED) is 0.563. The first-order chi connectivity index (χ1) is 13.3. The molecular weight excluding hydrogens is 378 g/mol. The number of aromatic nitrogens is 2. The predicted molar refractivity (Wildman–Crippen MR) is 107 cm³/mol. The van der Waals surface area contributed by atoms with Crippen LogP contribution in [0.3, 0.4) is 0 Å². The molecule has 0 spiro atoms. The van der Waals surface area contributed by atoms with Gasteiger partial charge in [-0.3, -0.25) is 9.59 Å². The van der Waals surface area contributed by atoms with E-state index in [9.17, 15) is 14.7 Å². The molecule has 8 heteroatoms. The van der Waals surface area contributed by atoms with Crippen LogP contribution in [0.2, 0.25) is 0 Å². The Morgan fingerprint density at radius 2 is 2.14 bits per heavy atom. The molecular formula is C20H21N3O4S. The molecule has 3 rings (SSSR count). The van der Waals surface area contributed by atoms with Crippen molar-refractivity contribution in [3.05, 3.63) is 58.2 Å². The number of carbonyl (C=O) groups is 2. The lowest BCUT2D eigenvalue weighted by Crippen LogP contribution is -2.45. The zero-order valence-electron chi connectivity index (χ0n) is 15.8. The maximum absolute atomic E-state index is 12.8. The third-order valence-corrected chi connectivity index (χ3v) is 5.22. The molecule has 1 unspecified atom stereocenters. The molecule has 7 nitrogen and oxygen atoms in total. The molecule has 3 aromatic rings. The number of benzene rings is 1. The summed E-state index contributed by atoms with van der Waals surface area (Å²) in [6, 6.07) is 8.72. The highest BCUT2D eigenvalue weighted by molar-refractivity contribution is 7.09. The first kappa shape index (κ1) is 19.6. The molecule has 0 aliphatic rings. The summed E-state index contributed by atoms with van der Waals surface area (Å²) in [5.41, 5.74) is 1.46. The molecule has 0 saturated heterocycles. The molecule has 0 bridgehead atoms. The van der Waals surface area contributed by atoms with Crippen molar-refractivity contribution in [3.8, 4) is 17.0 Å².